The molecule has 2 nitrogen and oxygen atoms in total. The van der Waals surface area contributed by atoms with E-state index in [-0.39, 0.29) is 7.43 Å². The number of nitrogens with zero attached hydrogens (tertiary/aromatic N) is 2. The standard InChI is InChI=1S/C15H12N2.CH4/c16-10-13-6-8-15(9-7-13)12-17-11-14-4-2-1-3-5-14;/h1-9,12H,11H2;1H4. The van der Waals surface area contributed by atoms with Crippen molar-refractivity contribution >= 4 is 6.21 Å². The van der Waals surface area contributed by atoms with Gasteiger partial charge in [-0.25, -0.2) is 0 Å². The van der Waals surface area contributed by atoms with Gasteiger partial charge in [0, 0.05) is 6.21 Å². The fourth-order valence-corrected chi connectivity index (χ4v) is 1.48. The van der Waals surface area contributed by atoms with E-state index in [4.69, 9.17) is 5.26 Å². The molecule has 0 unspecified atom stereocenters. The lowest BCUT2D eigenvalue weighted by Gasteiger charge is -1.95. The molecule has 0 N–H and O–H groups in total. The van der Waals surface area contributed by atoms with Crippen molar-refractivity contribution < 1.29 is 0 Å². The van der Waals surface area contributed by atoms with Gasteiger partial charge >= 0.3 is 0 Å². The van der Waals surface area contributed by atoms with Crippen molar-refractivity contribution in [2.24, 2.45) is 4.99 Å². The monoisotopic (exact) mass is 236 g/mol. The average Bonchev–Trinajstić information content (AvgIpc) is 2.41. The van der Waals surface area contributed by atoms with E-state index in [1.165, 1.54) is 5.56 Å². The molecule has 0 saturated heterocycles. The number of rotatable bonds is 3. The molecule has 0 amide bonds. The van der Waals surface area contributed by atoms with Crippen LogP contribution < -0.4 is 0 Å². The Bertz CT molecular complexity index is 534. The lowest BCUT2D eigenvalue weighted by atomic mass is 10.2. The highest BCUT2D eigenvalue weighted by Crippen LogP contribution is 2.03. The minimum atomic E-state index is 0. The van der Waals surface area contributed by atoms with Crippen LogP contribution in [0.25, 0.3) is 0 Å². The van der Waals surface area contributed by atoms with Crippen molar-refractivity contribution in [1.29, 1.82) is 5.26 Å². The van der Waals surface area contributed by atoms with Gasteiger partial charge in [0.15, 0.2) is 0 Å². The maximum absolute atomic E-state index is 8.67. The van der Waals surface area contributed by atoms with Crippen molar-refractivity contribution in [3.8, 4) is 6.07 Å². The van der Waals surface area contributed by atoms with Crippen molar-refractivity contribution in [1.82, 2.24) is 0 Å². The van der Waals surface area contributed by atoms with E-state index in [9.17, 15) is 0 Å². The number of benzene rings is 2. The fraction of sp³-hybridized carbons (Fsp3) is 0.125. The van der Waals surface area contributed by atoms with Crippen LogP contribution in [0.15, 0.2) is 59.6 Å². The summed E-state index contributed by atoms with van der Waals surface area (Å²) in [7, 11) is 0. The van der Waals surface area contributed by atoms with Gasteiger partial charge in [0.25, 0.3) is 0 Å². The molecule has 18 heavy (non-hydrogen) atoms. The topological polar surface area (TPSA) is 36.1 Å². The highest BCUT2D eigenvalue weighted by atomic mass is 14.7. The second kappa shape index (κ2) is 7.03. The quantitative estimate of drug-likeness (QED) is 0.746. The SMILES string of the molecule is C.N#Cc1ccc(C=NCc2ccccc2)cc1. The first-order valence-corrected chi connectivity index (χ1v) is 5.42. The Balaban J connectivity index is 0.00000162. The Morgan fingerprint density at radius 3 is 2.28 bits per heavy atom. The number of aliphatic imine (C=N–C) groups is 1. The third-order valence-electron chi connectivity index (χ3n) is 2.40. The molecule has 0 aromatic heterocycles. The van der Waals surface area contributed by atoms with E-state index >= 15 is 0 Å². The molecule has 2 heteroatoms. The third kappa shape index (κ3) is 3.88. The maximum Gasteiger partial charge on any atom is 0.0991 e. The molecule has 0 aliphatic heterocycles. The van der Waals surface area contributed by atoms with Crippen LogP contribution in [-0.4, -0.2) is 6.21 Å². The Kier molecular flexibility index (Phi) is 5.34. The number of hydrogen-bond acceptors (Lipinski definition) is 2. The zero-order valence-corrected chi connectivity index (χ0v) is 9.38. The Labute approximate surface area is 108 Å². The van der Waals surface area contributed by atoms with Gasteiger partial charge in [-0.15, -0.1) is 0 Å². The summed E-state index contributed by atoms with van der Waals surface area (Å²) in [5, 5.41) is 8.67. The summed E-state index contributed by atoms with van der Waals surface area (Å²) in [6, 6.07) is 19.6. The van der Waals surface area contributed by atoms with Crippen molar-refractivity contribution in [3.63, 3.8) is 0 Å². The summed E-state index contributed by atoms with van der Waals surface area (Å²) < 4.78 is 0. The van der Waals surface area contributed by atoms with Gasteiger partial charge in [0.2, 0.25) is 0 Å². The average molecular weight is 236 g/mol. The molecule has 0 saturated carbocycles. The predicted molar refractivity (Wildman–Crippen MR) is 75.6 cm³/mol. The molecule has 0 spiro atoms. The van der Waals surface area contributed by atoms with Gasteiger partial charge < -0.3 is 0 Å². The molecular weight excluding hydrogens is 220 g/mol. The molecule has 2 aromatic rings. The minimum Gasteiger partial charge on any atom is -0.288 e. The normalized spacial score (nSPS) is 9.72. The molecule has 2 rings (SSSR count). The van der Waals surface area contributed by atoms with Crippen LogP contribution in [0.1, 0.15) is 24.1 Å². The van der Waals surface area contributed by atoms with E-state index < -0.39 is 0 Å². The van der Waals surface area contributed by atoms with Crippen LogP contribution in [0, 0.1) is 11.3 Å². The molecule has 0 atom stereocenters. The molecule has 0 fully saturated rings. The van der Waals surface area contributed by atoms with E-state index in [2.05, 4.69) is 23.2 Å². The molecular formula is C16H16N2. The summed E-state index contributed by atoms with van der Waals surface area (Å²) >= 11 is 0. The smallest absolute Gasteiger partial charge is 0.0991 e. The second-order valence-electron chi connectivity index (χ2n) is 3.69. The van der Waals surface area contributed by atoms with Gasteiger partial charge in [-0.2, -0.15) is 5.26 Å². The number of nitriles is 1. The van der Waals surface area contributed by atoms with Gasteiger partial charge in [-0.05, 0) is 23.3 Å². The first kappa shape index (κ1) is 13.7. The summed E-state index contributed by atoms with van der Waals surface area (Å²) in [4.78, 5) is 4.36. The summed E-state index contributed by atoms with van der Waals surface area (Å²) in [6.45, 7) is 0.681. The van der Waals surface area contributed by atoms with Gasteiger partial charge in [0.1, 0.15) is 0 Å². The molecule has 0 bridgehead atoms. The summed E-state index contributed by atoms with van der Waals surface area (Å²) in [6.07, 6.45) is 1.83. The molecule has 2 aromatic carbocycles. The van der Waals surface area contributed by atoms with Gasteiger partial charge in [-0.3, -0.25) is 4.99 Å². The fourth-order valence-electron chi connectivity index (χ4n) is 1.48. The van der Waals surface area contributed by atoms with Crippen LogP contribution in [0.2, 0.25) is 0 Å². The highest BCUT2D eigenvalue weighted by Gasteiger charge is 1.90. The second-order valence-corrected chi connectivity index (χ2v) is 3.69. The van der Waals surface area contributed by atoms with E-state index in [1.54, 1.807) is 12.1 Å². The maximum atomic E-state index is 8.67. The largest absolute Gasteiger partial charge is 0.288 e. The van der Waals surface area contributed by atoms with Crippen LogP contribution in [0.5, 0.6) is 0 Å². The molecule has 0 heterocycles. The van der Waals surface area contributed by atoms with Gasteiger partial charge in [-0.1, -0.05) is 49.9 Å². The minimum absolute atomic E-state index is 0. The van der Waals surface area contributed by atoms with Crippen LogP contribution >= 0.6 is 0 Å². The molecule has 0 radical (unpaired) electrons. The van der Waals surface area contributed by atoms with E-state index in [1.807, 2.05) is 36.5 Å². The Morgan fingerprint density at radius 1 is 1.00 bits per heavy atom. The first-order chi connectivity index (χ1) is 8.38. The lowest BCUT2D eigenvalue weighted by Crippen LogP contribution is -1.84. The van der Waals surface area contributed by atoms with E-state index in [0.717, 1.165) is 5.56 Å². The Hall–Kier alpha value is -2.40. The van der Waals surface area contributed by atoms with Crippen molar-refractivity contribution in [3.05, 3.63) is 71.3 Å². The zero-order valence-electron chi connectivity index (χ0n) is 9.38. The summed E-state index contributed by atoms with van der Waals surface area (Å²) in [5.74, 6) is 0. The third-order valence-corrected chi connectivity index (χ3v) is 2.40. The lowest BCUT2D eigenvalue weighted by molar-refractivity contribution is 1.08. The molecule has 90 valence electrons. The number of hydrogen-bond donors (Lipinski definition) is 0. The zero-order chi connectivity index (χ0) is 11.9. The highest BCUT2D eigenvalue weighted by molar-refractivity contribution is 5.79. The molecule has 0 aliphatic carbocycles. The van der Waals surface area contributed by atoms with Crippen molar-refractivity contribution in [2.45, 2.75) is 14.0 Å². The van der Waals surface area contributed by atoms with E-state index in [0.29, 0.717) is 12.1 Å². The van der Waals surface area contributed by atoms with Crippen LogP contribution in [0.3, 0.4) is 0 Å². The summed E-state index contributed by atoms with van der Waals surface area (Å²) in [5.41, 5.74) is 2.88. The first-order valence-electron chi connectivity index (χ1n) is 5.42. The molecule has 0 aliphatic rings. The van der Waals surface area contributed by atoms with Gasteiger partial charge in [0.05, 0.1) is 18.2 Å². The van der Waals surface area contributed by atoms with Crippen molar-refractivity contribution in [2.75, 3.05) is 0 Å². The van der Waals surface area contributed by atoms with Crippen LogP contribution in [-0.2, 0) is 6.54 Å². The Morgan fingerprint density at radius 2 is 1.67 bits per heavy atom. The predicted octanol–water partition coefficient (Wildman–Crippen LogP) is 3.81. The van der Waals surface area contributed by atoms with Crippen LogP contribution in [0.4, 0.5) is 0 Å².